The van der Waals surface area contributed by atoms with Gasteiger partial charge < -0.3 is 0 Å². The molecule has 7 heteroatoms. The van der Waals surface area contributed by atoms with Gasteiger partial charge in [0.15, 0.2) is 5.03 Å². The van der Waals surface area contributed by atoms with Crippen LogP contribution < -0.4 is 4.72 Å². The molecule has 2 aromatic rings. The maximum Gasteiger partial charge on any atom is 0.257 e. The van der Waals surface area contributed by atoms with E-state index in [1.54, 1.807) is 6.20 Å². The van der Waals surface area contributed by atoms with Crippen LogP contribution in [0, 0.1) is 0 Å². The molecule has 0 aliphatic rings. The quantitative estimate of drug-likeness (QED) is 0.802. The Labute approximate surface area is 99.1 Å². The molecule has 17 heavy (non-hydrogen) atoms. The highest BCUT2D eigenvalue weighted by Gasteiger charge is 2.14. The third-order valence-corrected chi connectivity index (χ3v) is 3.55. The van der Waals surface area contributed by atoms with Crippen molar-refractivity contribution >= 4 is 10.0 Å². The van der Waals surface area contributed by atoms with Crippen LogP contribution >= 0.6 is 0 Å². The normalized spacial score (nSPS) is 11.5. The van der Waals surface area contributed by atoms with Gasteiger partial charge in [-0.15, -0.1) is 0 Å². The fourth-order valence-corrected chi connectivity index (χ4v) is 2.27. The molecular weight excluding hydrogens is 240 g/mol. The van der Waals surface area contributed by atoms with Crippen molar-refractivity contribution in [3.05, 3.63) is 42.4 Å². The molecule has 0 radical (unpaired) electrons. The molecule has 2 rings (SSSR count). The van der Waals surface area contributed by atoms with E-state index in [1.807, 2.05) is 18.2 Å². The summed E-state index contributed by atoms with van der Waals surface area (Å²) in [5.41, 5.74) is 0.847. The largest absolute Gasteiger partial charge is 0.266 e. The van der Waals surface area contributed by atoms with Gasteiger partial charge in [-0.25, -0.2) is 13.1 Å². The molecule has 0 spiro atoms. The van der Waals surface area contributed by atoms with Gasteiger partial charge in [0.05, 0.1) is 6.20 Å². The Bertz CT molecular complexity index is 551. The maximum absolute atomic E-state index is 11.7. The van der Waals surface area contributed by atoms with Gasteiger partial charge in [-0.05, 0) is 18.2 Å². The van der Waals surface area contributed by atoms with E-state index in [-0.39, 0.29) is 5.03 Å². The average molecular weight is 252 g/mol. The Hall–Kier alpha value is -1.73. The molecule has 0 amide bonds. The summed E-state index contributed by atoms with van der Waals surface area (Å²) in [5.74, 6) is 0. The lowest BCUT2D eigenvalue weighted by Gasteiger charge is -2.03. The zero-order chi connectivity index (χ0) is 12.1. The van der Waals surface area contributed by atoms with Gasteiger partial charge in [0, 0.05) is 24.9 Å². The molecule has 0 saturated carbocycles. The summed E-state index contributed by atoms with van der Waals surface area (Å²) in [7, 11) is -3.48. The first kappa shape index (κ1) is 11.7. The summed E-state index contributed by atoms with van der Waals surface area (Å²) in [4.78, 5) is 4.11. The van der Waals surface area contributed by atoms with Crippen molar-refractivity contribution in [2.75, 3.05) is 6.54 Å². The number of hydrogen-bond donors (Lipinski definition) is 2. The van der Waals surface area contributed by atoms with Crippen molar-refractivity contribution in [2.45, 2.75) is 11.4 Å². The Kier molecular flexibility index (Phi) is 3.50. The van der Waals surface area contributed by atoms with Crippen molar-refractivity contribution in [3.8, 4) is 0 Å². The molecule has 0 saturated heterocycles. The van der Waals surface area contributed by atoms with Crippen molar-refractivity contribution in [3.63, 3.8) is 0 Å². The van der Waals surface area contributed by atoms with E-state index in [9.17, 15) is 8.42 Å². The fourth-order valence-electron chi connectivity index (χ4n) is 1.33. The van der Waals surface area contributed by atoms with Crippen molar-refractivity contribution in [2.24, 2.45) is 0 Å². The maximum atomic E-state index is 11.7. The van der Waals surface area contributed by atoms with E-state index in [4.69, 9.17) is 0 Å². The third-order valence-electron chi connectivity index (χ3n) is 2.16. The van der Waals surface area contributed by atoms with E-state index in [2.05, 4.69) is 19.9 Å². The van der Waals surface area contributed by atoms with Crippen molar-refractivity contribution < 1.29 is 8.42 Å². The molecule has 2 heterocycles. The van der Waals surface area contributed by atoms with Crippen LogP contribution in [0.4, 0.5) is 0 Å². The van der Waals surface area contributed by atoms with Crippen LogP contribution in [-0.4, -0.2) is 30.1 Å². The molecule has 0 aromatic carbocycles. The zero-order valence-corrected chi connectivity index (χ0v) is 9.81. The summed E-state index contributed by atoms with van der Waals surface area (Å²) < 4.78 is 25.8. The highest BCUT2D eigenvalue weighted by atomic mass is 32.2. The van der Waals surface area contributed by atoms with E-state index in [0.29, 0.717) is 13.0 Å². The predicted octanol–water partition coefficient (Wildman–Crippen LogP) is 0.326. The Morgan fingerprint density at radius 3 is 2.76 bits per heavy atom. The third kappa shape index (κ3) is 3.11. The molecule has 0 unspecified atom stereocenters. The number of rotatable bonds is 5. The van der Waals surface area contributed by atoms with Crippen LogP contribution in [0.15, 0.2) is 41.7 Å². The lowest BCUT2D eigenvalue weighted by molar-refractivity contribution is 0.577. The Morgan fingerprint density at radius 1 is 1.24 bits per heavy atom. The van der Waals surface area contributed by atoms with E-state index < -0.39 is 10.0 Å². The molecular formula is C10H12N4O2S. The molecule has 0 atom stereocenters. The molecule has 2 aromatic heterocycles. The highest BCUT2D eigenvalue weighted by molar-refractivity contribution is 7.89. The van der Waals surface area contributed by atoms with Crippen molar-refractivity contribution in [1.29, 1.82) is 0 Å². The minimum Gasteiger partial charge on any atom is -0.266 e. The Balaban J connectivity index is 1.91. The number of nitrogens with zero attached hydrogens (tertiary/aromatic N) is 2. The van der Waals surface area contributed by atoms with E-state index in [1.165, 1.54) is 12.3 Å². The van der Waals surface area contributed by atoms with Crippen molar-refractivity contribution in [1.82, 2.24) is 19.9 Å². The first-order chi connectivity index (χ1) is 8.18. The lowest BCUT2D eigenvalue weighted by atomic mass is 10.3. The number of aromatic amines is 1. The van der Waals surface area contributed by atoms with Crippen LogP contribution in [0.1, 0.15) is 5.69 Å². The van der Waals surface area contributed by atoms with Gasteiger partial charge in [0.1, 0.15) is 0 Å². The minimum atomic E-state index is -3.48. The summed E-state index contributed by atoms with van der Waals surface area (Å²) >= 11 is 0. The van der Waals surface area contributed by atoms with E-state index in [0.717, 1.165) is 5.69 Å². The first-order valence-corrected chi connectivity index (χ1v) is 6.56. The van der Waals surface area contributed by atoms with Gasteiger partial charge >= 0.3 is 0 Å². The van der Waals surface area contributed by atoms with Crippen LogP contribution in [0.2, 0.25) is 0 Å². The standard InChI is InChI=1S/C10H12N4O2S/c15-17(16,10-5-7-12-14-10)13-8-4-9-3-1-2-6-11-9/h1-3,5-7,13H,4,8H2,(H,12,14). The van der Waals surface area contributed by atoms with Gasteiger partial charge in [-0.3, -0.25) is 10.1 Å². The summed E-state index contributed by atoms with van der Waals surface area (Å²) in [6.45, 7) is 0.304. The number of pyridine rings is 1. The second kappa shape index (κ2) is 5.07. The molecule has 0 aliphatic heterocycles. The van der Waals surface area contributed by atoms with E-state index >= 15 is 0 Å². The monoisotopic (exact) mass is 252 g/mol. The second-order valence-corrected chi connectivity index (χ2v) is 5.13. The number of H-pyrrole nitrogens is 1. The fraction of sp³-hybridized carbons (Fsp3) is 0.200. The van der Waals surface area contributed by atoms with Gasteiger partial charge in [0.25, 0.3) is 10.0 Å². The number of hydrogen-bond acceptors (Lipinski definition) is 4. The van der Waals surface area contributed by atoms with Crippen LogP contribution in [0.3, 0.4) is 0 Å². The number of sulfonamides is 1. The molecule has 0 fully saturated rings. The van der Waals surface area contributed by atoms with Gasteiger partial charge in [-0.2, -0.15) is 5.10 Å². The summed E-state index contributed by atoms with van der Waals surface area (Å²) in [5, 5.41) is 6.08. The van der Waals surface area contributed by atoms with Crippen LogP contribution in [-0.2, 0) is 16.4 Å². The lowest BCUT2D eigenvalue weighted by Crippen LogP contribution is -2.26. The van der Waals surface area contributed by atoms with Crippen LogP contribution in [0.25, 0.3) is 0 Å². The zero-order valence-electron chi connectivity index (χ0n) is 9.00. The summed E-state index contributed by atoms with van der Waals surface area (Å²) in [6.07, 6.45) is 3.63. The van der Waals surface area contributed by atoms with Crippen LogP contribution in [0.5, 0.6) is 0 Å². The SMILES string of the molecule is O=S(=O)(NCCc1ccccn1)c1ccn[nH]1. The molecule has 2 N–H and O–H groups in total. The number of aromatic nitrogens is 3. The highest BCUT2D eigenvalue weighted by Crippen LogP contribution is 2.02. The topological polar surface area (TPSA) is 87.7 Å². The molecule has 6 nitrogen and oxygen atoms in total. The predicted molar refractivity (Wildman–Crippen MR) is 61.7 cm³/mol. The average Bonchev–Trinajstić information content (AvgIpc) is 2.84. The first-order valence-electron chi connectivity index (χ1n) is 5.07. The Morgan fingerprint density at radius 2 is 2.12 bits per heavy atom. The molecule has 0 bridgehead atoms. The second-order valence-electron chi connectivity index (χ2n) is 3.39. The molecule has 0 aliphatic carbocycles. The van der Waals surface area contributed by atoms with Gasteiger partial charge in [0.2, 0.25) is 0 Å². The van der Waals surface area contributed by atoms with Gasteiger partial charge in [-0.1, -0.05) is 6.07 Å². The number of nitrogens with one attached hydrogen (secondary N) is 2. The molecule has 90 valence electrons. The minimum absolute atomic E-state index is 0.0681. The smallest absolute Gasteiger partial charge is 0.257 e. The summed E-state index contributed by atoms with van der Waals surface area (Å²) in [6, 6.07) is 6.94.